The SMILES string of the molecule is N=C(Oc1c(F)c(F)cc(F)c1F)C(O)CCC(=O)O. The van der Waals surface area contributed by atoms with Crippen LogP contribution >= 0.6 is 0 Å². The van der Waals surface area contributed by atoms with E-state index in [4.69, 9.17) is 10.5 Å². The first-order valence-corrected chi connectivity index (χ1v) is 5.23. The fraction of sp³-hybridized carbons (Fsp3) is 0.273. The summed E-state index contributed by atoms with van der Waals surface area (Å²) in [6.07, 6.45) is -2.78. The summed E-state index contributed by atoms with van der Waals surface area (Å²) in [5.74, 6) is -11.1. The van der Waals surface area contributed by atoms with Gasteiger partial charge in [0.05, 0.1) is 0 Å². The van der Waals surface area contributed by atoms with Gasteiger partial charge in [0, 0.05) is 12.5 Å². The van der Waals surface area contributed by atoms with E-state index in [0.29, 0.717) is 0 Å². The van der Waals surface area contributed by atoms with E-state index >= 15 is 0 Å². The number of rotatable bonds is 5. The van der Waals surface area contributed by atoms with Crippen LogP contribution in [0, 0.1) is 28.7 Å². The van der Waals surface area contributed by atoms with Crippen LogP contribution < -0.4 is 4.74 Å². The summed E-state index contributed by atoms with van der Waals surface area (Å²) in [5.41, 5.74) is 0. The highest BCUT2D eigenvalue weighted by Crippen LogP contribution is 2.26. The van der Waals surface area contributed by atoms with Crippen LogP contribution in [0.25, 0.3) is 0 Å². The summed E-state index contributed by atoms with van der Waals surface area (Å²) in [7, 11) is 0. The number of hydrogen-bond donors (Lipinski definition) is 3. The van der Waals surface area contributed by atoms with Crippen molar-refractivity contribution in [3.63, 3.8) is 0 Å². The Kier molecular flexibility index (Phi) is 5.03. The molecule has 0 bridgehead atoms. The van der Waals surface area contributed by atoms with Gasteiger partial charge in [-0.2, -0.15) is 8.78 Å². The van der Waals surface area contributed by atoms with Crippen molar-refractivity contribution in [1.82, 2.24) is 0 Å². The van der Waals surface area contributed by atoms with Gasteiger partial charge in [0.1, 0.15) is 6.10 Å². The molecule has 110 valence electrons. The fourth-order valence-corrected chi connectivity index (χ4v) is 1.21. The number of aliphatic hydroxyl groups excluding tert-OH is 1. The van der Waals surface area contributed by atoms with E-state index in [0.717, 1.165) is 0 Å². The van der Waals surface area contributed by atoms with Gasteiger partial charge in [-0.3, -0.25) is 10.2 Å². The van der Waals surface area contributed by atoms with Crippen LogP contribution in [-0.2, 0) is 4.79 Å². The predicted octanol–water partition coefficient (Wildman–Crippen LogP) is 1.82. The lowest BCUT2D eigenvalue weighted by Gasteiger charge is -2.13. The van der Waals surface area contributed by atoms with E-state index in [-0.39, 0.29) is 6.07 Å². The maximum absolute atomic E-state index is 13.2. The molecule has 1 aromatic carbocycles. The van der Waals surface area contributed by atoms with E-state index in [2.05, 4.69) is 4.74 Å². The van der Waals surface area contributed by atoms with Crippen LogP contribution in [0.1, 0.15) is 12.8 Å². The zero-order valence-electron chi connectivity index (χ0n) is 9.79. The van der Waals surface area contributed by atoms with E-state index < -0.39 is 59.8 Å². The molecule has 0 radical (unpaired) electrons. The molecule has 9 heteroatoms. The number of aliphatic carboxylic acids is 1. The molecule has 0 spiro atoms. The molecule has 1 aromatic rings. The molecule has 5 nitrogen and oxygen atoms in total. The summed E-state index contributed by atoms with van der Waals surface area (Å²) >= 11 is 0. The number of aliphatic hydroxyl groups is 1. The predicted molar refractivity (Wildman–Crippen MR) is 57.5 cm³/mol. The lowest BCUT2D eigenvalue weighted by Crippen LogP contribution is -2.26. The van der Waals surface area contributed by atoms with Gasteiger partial charge < -0.3 is 14.9 Å². The van der Waals surface area contributed by atoms with E-state index in [1.807, 2.05) is 0 Å². The Morgan fingerprint density at radius 2 is 1.75 bits per heavy atom. The van der Waals surface area contributed by atoms with Gasteiger partial charge in [0.25, 0.3) is 0 Å². The van der Waals surface area contributed by atoms with Gasteiger partial charge >= 0.3 is 5.97 Å². The number of ether oxygens (including phenoxy) is 1. The van der Waals surface area contributed by atoms with Crippen LogP contribution in [0.2, 0.25) is 0 Å². The molecular formula is C11H9F4NO4. The Balaban J connectivity index is 2.88. The second-order valence-electron chi connectivity index (χ2n) is 3.71. The molecule has 0 aliphatic carbocycles. The standard InChI is InChI=1S/C11H9F4NO4/c12-4-3-5(13)9(15)10(8(4)14)20-11(16)6(17)1-2-7(18)19/h3,6,16-17H,1-2H2,(H,18,19). The molecule has 0 aliphatic rings. The number of benzene rings is 1. The van der Waals surface area contributed by atoms with Crippen molar-refractivity contribution >= 4 is 11.9 Å². The number of halogens is 4. The van der Waals surface area contributed by atoms with Crippen molar-refractivity contribution in [2.24, 2.45) is 0 Å². The quantitative estimate of drug-likeness (QED) is 0.334. The first kappa shape index (κ1) is 15.9. The molecule has 0 aliphatic heterocycles. The van der Waals surface area contributed by atoms with Crippen LogP contribution in [0.3, 0.4) is 0 Å². The van der Waals surface area contributed by atoms with Gasteiger partial charge in [-0.15, -0.1) is 0 Å². The zero-order chi connectivity index (χ0) is 15.4. The maximum Gasteiger partial charge on any atom is 0.303 e. The molecule has 3 N–H and O–H groups in total. The second kappa shape index (κ2) is 6.33. The number of carboxylic acid groups (broad SMARTS) is 1. The molecule has 1 atom stereocenters. The molecular weight excluding hydrogens is 286 g/mol. The average Bonchev–Trinajstić information content (AvgIpc) is 2.38. The number of carboxylic acids is 1. The Morgan fingerprint density at radius 1 is 1.25 bits per heavy atom. The number of nitrogens with one attached hydrogen (secondary N) is 1. The van der Waals surface area contributed by atoms with E-state index in [1.54, 1.807) is 0 Å². The normalized spacial score (nSPS) is 12.1. The van der Waals surface area contributed by atoms with Crippen molar-refractivity contribution in [3.05, 3.63) is 29.3 Å². The van der Waals surface area contributed by atoms with Gasteiger partial charge in [0.15, 0.2) is 11.6 Å². The molecule has 0 aromatic heterocycles. The molecule has 0 saturated carbocycles. The van der Waals surface area contributed by atoms with Crippen LogP contribution in [0.15, 0.2) is 6.07 Å². The third-order valence-corrected chi connectivity index (χ3v) is 2.22. The smallest absolute Gasteiger partial charge is 0.303 e. The van der Waals surface area contributed by atoms with Crippen molar-refractivity contribution < 1.29 is 37.3 Å². The molecule has 1 unspecified atom stereocenters. The minimum Gasteiger partial charge on any atom is -0.481 e. The highest BCUT2D eigenvalue weighted by atomic mass is 19.2. The molecule has 0 fully saturated rings. The van der Waals surface area contributed by atoms with E-state index in [1.165, 1.54) is 0 Å². The monoisotopic (exact) mass is 295 g/mol. The Labute approximate surface area is 109 Å². The lowest BCUT2D eigenvalue weighted by atomic mass is 10.2. The maximum atomic E-state index is 13.2. The summed E-state index contributed by atoms with van der Waals surface area (Å²) in [6, 6.07) is -0.0397. The average molecular weight is 295 g/mol. The Morgan fingerprint density at radius 3 is 2.20 bits per heavy atom. The van der Waals surface area contributed by atoms with Crippen molar-refractivity contribution in [3.8, 4) is 5.75 Å². The van der Waals surface area contributed by atoms with Gasteiger partial charge in [0.2, 0.25) is 23.3 Å². The van der Waals surface area contributed by atoms with Crippen molar-refractivity contribution in [2.45, 2.75) is 18.9 Å². The highest BCUT2D eigenvalue weighted by Gasteiger charge is 2.24. The van der Waals surface area contributed by atoms with Crippen LogP contribution in [0.5, 0.6) is 5.75 Å². The summed E-state index contributed by atoms with van der Waals surface area (Å²) < 4.78 is 56.4. The zero-order valence-corrected chi connectivity index (χ0v) is 9.79. The summed E-state index contributed by atoms with van der Waals surface area (Å²) in [6.45, 7) is 0. The van der Waals surface area contributed by atoms with Crippen molar-refractivity contribution in [2.75, 3.05) is 0 Å². The van der Waals surface area contributed by atoms with Gasteiger partial charge in [-0.05, 0) is 6.42 Å². The minimum atomic E-state index is -1.86. The minimum absolute atomic E-state index is 0.0397. The fourth-order valence-electron chi connectivity index (χ4n) is 1.21. The van der Waals surface area contributed by atoms with Crippen LogP contribution in [-0.4, -0.2) is 28.2 Å². The number of hydrogen-bond acceptors (Lipinski definition) is 4. The third kappa shape index (κ3) is 3.67. The summed E-state index contributed by atoms with van der Waals surface area (Å²) in [4.78, 5) is 10.2. The Bertz CT molecular complexity index is 523. The third-order valence-electron chi connectivity index (χ3n) is 2.22. The number of carbonyl (C=O) groups is 1. The topological polar surface area (TPSA) is 90.6 Å². The second-order valence-corrected chi connectivity index (χ2v) is 3.71. The van der Waals surface area contributed by atoms with E-state index in [9.17, 15) is 27.5 Å². The van der Waals surface area contributed by atoms with Gasteiger partial charge in [-0.25, -0.2) is 8.78 Å². The molecule has 20 heavy (non-hydrogen) atoms. The molecule has 0 saturated heterocycles. The molecule has 1 rings (SSSR count). The first-order valence-electron chi connectivity index (χ1n) is 5.23. The Hall–Kier alpha value is -2.16. The molecule has 0 amide bonds. The highest BCUT2D eigenvalue weighted by molar-refractivity contribution is 5.80. The molecule has 0 heterocycles. The summed E-state index contributed by atoms with van der Waals surface area (Å²) in [5, 5.41) is 24.8. The lowest BCUT2D eigenvalue weighted by molar-refractivity contribution is -0.137. The first-order chi connectivity index (χ1) is 9.23. The van der Waals surface area contributed by atoms with Gasteiger partial charge in [-0.1, -0.05) is 0 Å². The van der Waals surface area contributed by atoms with Crippen LogP contribution in [0.4, 0.5) is 17.6 Å². The van der Waals surface area contributed by atoms with Crippen molar-refractivity contribution in [1.29, 1.82) is 5.41 Å². The largest absolute Gasteiger partial charge is 0.481 e.